The molecule has 2 aromatic carbocycles. The summed E-state index contributed by atoms with van der Waals surface area (Å²) in [5, 5.41) is 19.3. The molecule has 1 amide bonds. The van der Waals surface area contributed by atoms with Crippen LogP contribution in [0.3, 0.4) is 0 Å². The van der Waals surface area contributed by atoms with Crippen LogP contribution in [0.4, 0.5) is 0 Å². The smallest absolute Gasteiger partial charge is 0.281 e. The third-order valence-electron chi connectivity index (χ3n) is 4.13. The average molecular weight is 455 g/mol. The first-order valence-corrected chi connectivity index (χ1v) is 10.0. The number of aromatic nitrogens is 2. The molecule has 2 N–H and O–H groups in total. The van der Waals surface area contributed by atoms with E-state index in [0.29, 0.717) is 10.4 Å². The summed E-state index contributed by atoms with van der Waals surface area (Å²) in [6.45, 7) is 1.92. The van der Waals surface area contributed by atoms with Crippen molar-refractivity contribution in [2.24, 2.45) is 5.10 Å². The number of nitrogens with zero attached hydrogens (tertiary/aromatic N) is 3. The van der Waals surface area contributed by atoms with Gasteiger partial charge in [0, 0.05) is 15.4 Å². The molecule has 0 spiro atoms. The molecule has 2 heterocycles. The van der Waals surface area contributed by atoms with E-state index in [1.807, 2.05) is 48.0 Å². The molecule has 140 valence electrons. The average Bonchev–Trinajstić information content (AvgIpc) is 3.26. The molecule has 2 aromatic heterocycles. The van der Waals surface area contributed by atoms with Gasteiger partial charge in [-0.25, -0.2) is 10.1 Å². The number of para-hydroxylation sites is 1. The summed E-state index contributed by atoms with van der Waals surface area (Å²) in [5.41, 5.74) is 4.81. The Morgan fingerprint density at radius 3 is 2.82 bits per heavy atom. The lowest BCUT2D eigenvalue weighted by Crippen LogP contribution is -2.16. The van der Waals surface area contributed by atoms with Crippen LogP contribution < -0.4 is 5.43 Å². The highest BCUT2D eigenvalue weighted by molar-refractivity contribution is 9.10. The van der Waals surface area contributed by atoms with E-state index in [-0.39, 0.29) is 11.7 Å². The van der Waals surface area contributed by atoms with E-state index in [1.54, 1.807) is 18.2 Å². The number of halogens is 1. The zero-order chi connectivity index (χ0) is 19.7. The summed E-state index contributed by atoms with van der Waals surface area (Å²) in [7, 11) is 0. The van der Waals surface area contributed by atoms with Crippen LogP contribution in [0.15, 0.2) is 64.2 Å². The number of thiophene rings is 1. The maximum atomic E-state index is 12.5. The monoisotopic (exact) mass is 454 g/mol. The van der Waals surface area contributed by atoms with E-state index < -0.39 is 0 Å². The molecule has 4 aromatic rings. The largest absolute Gasteiger partial charge is 0.507 e. The Morgan fingerprint density at radius 2 is 2.04 bits per heavy atom. The second kappa shape index (κ2) is 7.57. The number of amides is 1. The number of aryl methyl sites for hydroxylation is 1. The number of phenolic OH excluding ortho intramolecular Hbond substituents is 1. The van der Waals surface area contributed by atoms with Crippen molar-refractivity contribution < 1.29 is 9.90 Å². The van der Waals surface area contributed by atoms with Crippen molar-refractivity contribution in [3.05, 3.63) is 75.2 Å². The van der Waals surface area contributed by atoms with E-state index in [0.717, 1.165) is 26.1 Å². The lowest BCUT2D eigenvalue weighted by atomic mass is 10.2. The number of hydrogen-bond acceptors (Lipinski definition) is 5. The normalized spacial score (nSPS) is 11.4. The van der Waals surface area contributed by atoms with Gasteiger partial charge in [-0.2, -0.15) is 10.2 Å². The number of hydrogen-bond donors (Lipinski definition) is 2. The van der Waals surface area contributed by atoms with Gasteiger partial charge in [-0.15, -0.1) is 11.3 Å². The Hall–Kier alpha value is -2.97. The van der Waals surface area contributed by atoms with Crippen molar-refractivity contribution >= 4 is 49.6 Å². The molecule has 0 fully saturated rings. The van der Waals surface area contributed by atoms with E-state index in [1.165, 1.54) is 17.6 Å². The molecule has 0 aliphatic carbocycles. The Bertz CT molecular complexity index is 1200. The fraction of sp³-hybridized carbons (Fsp3) is 0.0500. The van der Waals surface area contributed by atoms with Gasteiger partial charge in [0.2, 0.25) is 0 Å². The first-order chi connectivity index (χ1) is 13.5. The number of fused-ring (bicyclic) bond motifs is 1. The second-order valence-electron chi connectivity index (χ2n) is 6.06. The summed E-state index contributed by atoms with van der Waals surface area (Å²) < 4.78 is 2.65. The molecule has 0 saturated heterocycles. The molecule has 0 saturated carbocycles. The van der Waals surface area contributed by atoms with Gasteiger partial charge in [-0.1, -0.05) is 34.1 Å². The summed E-state index contributed by atoms with van der Waals surface area (Å²) >= 11 is 4.69. The van der Waals surface area contributed by atoms with Crippen LogP contribution in [0.5, 0.6) is 5.75 Å². The first kappa shape index (κ1) is 18.4. The van der Waals surface area contributed by atoms with Crippen LogP contribution in [-0.4, -0.2) is 27.0 Å². The van der Waals surface area contributed by atoms with Gasteiger partial charge in [-0.3, -0.25) is 4.79 Å². The molecule has 0 radical (unpaired) electrons. The number of carbonyl (C=O) groups is 1. The Labute approximate surface area is 173 Å². The Kier molecular flexibility index (Phi) is 4.97. The van der Waals surface area contributed by atoms with Crippen molar-refractivity contribution in [2.45, 2.75) is 6.92 Å². The SMILES string of the molecule is Cc1nn(-c2ccccc2)c2sc(C(=O)N/N=C/c3cc(Br)ccc3O)cc12. The molecular weight excluding hydrogens is 440 g/mol. The highest BCUT2D eigenvalue weighted by Gasteiger charge is 2.16. The number of rotatable bonds is 4. The fourth-order valence-electron chi connectivity index (χ4n) is 2.75. The van der Waals surface area contributed by atoms with Gasteiger partial charge in [0.1, 0.15) is 10.6 Å². The van der Waals surface area contributed by atoms with Gasteiger partial charge in [0.15, 0.2) is 0 Å². The molecule has 4 rings (SSSR count). The van der Waals surface area contributed by atoms with Crippen LogP contribution in [0, 0.1) is 6.92 Å². The predicted molar refractivity (Wildman–Crippen MR) is 115 cm³/mol. The third-order valence-corrected chi connectivity index (χ3v) is 5.73. The first-order valence-electron chi connectivity index (χ1n) is 8.39. The lowest BCUT2D eigenvalue weighted by molar-refractivity contribution is 0.0959. The Morgan fingerprint density at radius 1 is 1.25 bits per heavy atom. The van der Waals surface area contributed by atoms with E-state index in [9.17, 15) is 9.90 Å². The zero-order valence-electron chi connectivity index (χ0n) is 14.8. The highest BCUT2D eigenvalue weighted by atomic mass is 79.9. The molecule has 28 heavy (non-hydrogen) atoms. The van der Waals surface area contributed by atoms with E-state index in [4.69, 9.17) is 0 Å². The Balaban J connectivity index is 1.58. The van der Waals surface area contributed by atoms with Gasteiger partial charge in [0.25, 0.3) is 5.91 Å². The van der Waals surface area contributed by atoms with E-state index >= 15 is 0 Å². The second-order valence-corrected chi connectivity index (χ2v) is 8.01. The van der Waals surface area contributed by atoms with Crippen molar-refractivity contribution in [1.82, 2.24) is 15.2 Å². The summed E-state index contributed by atoms with van der Waals surface area (Å²) in [6, 6.07) is 16.6. The molecule has 0 aliphatic heterocycles. The van der Waals surface area contributed by atoms with Gasteiger partial charge >= 0.3 is 0 Å². The predicted octanol–water partition coefficient (Wildman–Crippen LogP) is 4.63. The van der Waals surface area contributed by atoms with Crippen molar-refractivity contribution in [3.63, 3.8) is 0 Å². The molecule has 0 aliphatic rings. The molecular formula is C20H15BrN4O2S. The minimum atomic E-state index is -0.314. The van der Waals surface area contributed by atoms with Crippen molar-refractivity contribution in [2.75, 3.05) is 0 Å². The van der Waals surface area contributed by atoms with Gasteiger partial charge in [0.05, 0.1) is 22.5 Å². The number of hydrazone groups is 1. The molecule has 8 heteroatoms. The minimum absolute atomic E-state index is 0.0849. The number of aromatic hydroxyl groups is 1. The summed E-state index contributed by atoms with van der Waals surface area (Å²) in [4.78, 5) is 13.9. The highest BCUT2D eigenvalue weighted by Crippen LogP contribution is 2.30. The van der Waals surface area contributed by atoms with E-state index in [2.05, 4.69) is 31.6 Å². The van der Waals surface area contributed by atoms with Crippen LogP contribution in [0.2, 0.25) is 0 Å². The topological polar surface area (TPSA) is 79.5 Å². The van der Waals surface area contributed by atoms with Crippen LogP contribution in [0.1, 0.15) is 20.9 Å². The van der Waals surface area contributed by atoms with Crippen LogP contribution in [-0.2, 0) is 0 Å². The maximum Gasteiger partial charge on any atom is 0.281 e. The molecule has 6 nitrogen and oxygen atoms in total. The third kappa shape index (κ3) is 3.56. The fourth-order valence-corrected chi connectivity index (χ4v) is 4.20. The van der Waals surface area contributed by atoms with Crippen molar-refractivity contribution in [3.8, 4) is 11.4 Å². The van der Waals surface area contributed by atoms with Gasteiger partial charge in [-0.05, 0) is 43.3 Å². The quantitative estimate of drug-likeness (QED) is 0.348. The number of phenols is 1. The zero-order valence-corrected chi connectivity index (χ0v) is 17.2. The number of carbonyl (C=O) groups excluding carboxylic acids is 1. The summed E-state index contributed by atoms with van der Waals surface area (Å²) in [5.74, 6) is -0.229. The van der Waals surface area contributed by atoms with Crippen molar-refractivity contribution in [1.29, 1.82) is 0 Å². The number of benzene rings is 2. The molecule has 0 bridgehead atoms. The maximum absolute atomic E-state index is 12.5. The number of nitrogens with one attached hydrogen (secondary N) is 1. The van der Waals surface area contributed by atoms with Gasteiger partial charge < -0.3 is 5.11 Å². The van der Waals surface area contributed by atoms with Crippen LogP contribution in [0.25, 0.3) is 15.9 Å². The summed E-state index contributed by atoms with van der Waals surface area (Å²) in [6.07, 6.45) is 1.41. The molecule has 0 unspecified atom stereocenters. The standard InChI is InChI=1S/C20H15BrN4O2S/c1-12-16-10-18(28-20(16)25(24-12)15-5-3-2-4-6-15)19(27)23-22-11-13-9-14(21)7-8-17(13)26/h2-11,26H,1H3,(H,23,27)/b22-11+. The van der Waals surface area contributed by atoms with Crippen LogP contribution >= 0.6 is 27.3 Å². The minimum Gasteiger partial charge on any atom is -0.507 e. The lowest BCUT2D eigenvalue weighted by Gasteiger charge is -2.01. The molecule has 0 atom stereocenters.